The van der Waals surface area contributed by atoms with Gasteiger partial charge in [0.25, 0.3) is 0 Å². The van der Waals surface area contributed by atoms with Crippen molar-refractivity contribution in [2.24, 2.45) is 40.4 Å². The Labute approximate surface area is 160 Å². The predicted molar refractivity (Wildman–Crippen MR) is 106 cm³/mol. The number of hydrogen-bond donors (Lipinski definition) is 1. The van der Waals surface area contributed by atoms with Gasteiger partial charge >= 0.3 is 0 Å². The molecule has 0 saturated heterocycles. The van der Waals surface area contributed by atoms with Crippen molar-refractivity contribution in [2.45, 2.75) is 104 Å². The number of rotatable bonds is 0. The first-order valence-electron chi connectivity index (χ1n) is 11.8. The Morgan fingerprint density at radius 1 is 0.923 bits per heavy atom. The smallest absolute Gasteiger partial charge is 0.136 e. The van der Waals surface area contributed by atoms with Gasteiger partial charge in [0.15, 0.2) is 0 Å². The van der Waals surface area contributed by atoms with Crippen LogP contribution in [0.3, 0.4) is 0 Å². The predicted octanol–water partition coefficient (Wildman–Crippen LogP) is 5.77. The lowest BCUT2D eigenvalue weighted by molar-refractivity contribution is -0.149. The number of aliphatic hydroxyl groups excluding tert-OH is 1. The Kier molecular flexibility index (Phi) is 5.04. The number of ketones is 1. The zero-order chi connectivity index (χ0) is 18.5. The number of fused-ring (bicyclic) bond motifs is 4. The van der Waals surface area contributed by atoms with Crippen LogP contribution in [0.4, 0.5) is 0 Å². The molecule has 26 heavy (non-hydrogen) atoms. The van der Waals surface area contributed by atoms with Crippen LogP contribution in [0, 0.1) is 40.4 Å². The largest absolute Gasteiger partial charge is 0.393 e. The van der Waals surface area contributed by atoms with Crippen LogP contribution in [0.5, 0.6) is 0 Å². The second-order valence-electron chi connectivity index (χ2n) is 10.3. The van der Waals surface area contributed by atoms with Gasteiger partial charge in [-0.05, 0) is 105 Å². The van der Waals surface area contributed by atoms with Crippen LogP contribution >= 0.6 is 0 Å². The van der Waals surface area contributed by atoms with Crippen molar-refractivity contribution in [3.05, 3.63) is 0 Å². The third-order valence-corrected chi connectivity index (χ3v) is 9.81. The molecule has 0 radical (unpaired) electrons. The summed E-state index contributed by atoms with van der Waals surface area (Å²) < 4.78 is 0. The summed E-state index contributed by atoms with van der Waals surface area (Å²) in [5, 5.41) is 10.2. The molecule has 0 aliphatic heterocycles. The summed E-state index contributed by atoms with van der Waals surface area (Å²) in [6.07, 6.45) is 14.6. The van der Waals surface area contributed by atoms with E-state index in [0.717, 1.165) is 49.4 Å². The van der Waals surface area contributed by atoms with E-state index in [2.05, 4.69) is 6.92 Å². The Bertz CT molecular complexity index is 542. The fraction of sp³-hybridized carbons (Fsp3) is 0.958. The van der Waals surface area contributed by atoms with Gasteiger partial charge in [-0.3, -0.25) is 4.79 Å². The summed E-state index contributed by atoms with van der Waals surface area (Å²) in [5.74, 6) is 4.39. The van der Waals surface area contributed by atoms with Crippen LogP contribution in [0.2, 0.25) is 0 Å². The first kappa shape index (κ1) is 19.0. The van der Waals surface area contributed by atoms with Gasteiger partial charge in [0, 0.05) is 12.3 Å². The van der Waals surface area contributed by atoms with E-state index in [1.165, 1.54) is 51.4 Å². The van der Waals surface area contributed by atoms with E-state index >= 15 is 0 Å². The van der Waals surface area contributed by atoms with Crippen molar-refractivity contribution in [3.8, 4) is 0 Å². The molecule has 8 atom stereocenters. The molecule has 1 N–H and O–H groups in total. The molecule has 0 amide bonds. The minimum atomic E-state index is -0.0404. The molecule has 2 nitrogen and oxygen atoms in total. The molecular formula is C24H40O2. The Balaban J connectivity index is 0.000000814. The fourth-order valence-corrected chi connectivity index (χ4v) is 8.78. The van der Waals surface area contributed by atoms with Crippen molar-refractivity contribution >= 4 is 5.78 Å². The molecule has 0 bridgehead atoms. The average Bonchev–Trinajstić information content (AvgIpc) is 3.05. The molecule has 1 spiro atoms. The molecule has 5 rings (SSSR count). The number of hydrogen-bond acceptors (Lipinski definition) is 2. The molecular weight excluding hydrogens is 320 g/mol. The maximum Gasteiger partial charge on any atom is 0.136 e. The monoisotopic (exact) mass is 360 g/mol. The summed E-state index contributed by atoms with van der Waals surface area (Å²) in [4.78, 5) is 12.6. The third kappa shape index (κ3) is 2.57. The van der Waals surface area contributed by atoms with Crippen LogP contribution in [0.25, 0.3) is 0 Å². The highest BCUT2D eigenvalue weighted by Gasteiger charge is 2.63. The van der Waals surface area contributed by atoms with Gasteiger partial charge in [-0.25, -0.2) is 0 Å². The Hall–Kier alpha value is -0.370. The molecule has 2 heteroatoms. The summed E-state index contributed by atoms with van der Waals surface area (Å²) >= 11 is 0. The zero-order valence-electron chi connectivity index (χ0n) is 17.3. The molecule has 4 unspecified atom stereocenters. The zero-order valence-corrected chi connectivity index (χ0v) is 17.3. The Morgan fingerprint density at radius 3 is 2.54 bits per heavy atom. The molecule has 5 saturated carbocycles. The third-order valence-electron chi connectivity index (χ3n) is 9.81. The second kappa shape index (κ2) is 6.90. The second-order valence-corrected chi connectivity index (χ2v) is 10.3. The van der Waals surface area contributed by atoms with Gasteiger partial charge in [0.05, 0.1) is 6.10 Å². The molecule has 0 aromatic heterocycles. The summed E-state index contributed by atoms with van der Waals surface area (Å²) in [5.41, 5.74) is 0.883. The highest BCUT2D eigenvalue weighted by Crippen LogP contribution is 2.69. The van der Waals surface area contributed by atoms with E-state index in [1.807, 2.05) is 13.8 Å². The highest BCUT2D eigenvalue weighted by molar-refractivity contribution is 5.83. The summed E-state index contributed by atoms with van der Waals surface area (Å²) in [7, 11) is 0. The van der Waals surface area contributed by atoms with Gasteiger partial charge in [0.1, 0.15) is 5.78 Å². The number of carbonyl (C=O) groups is 1. The number of carbonyl (C=O) groups excluding carboxylic acids is 1. The lowest BCUT2D eigenvalue weighted by Crippen LogP contribution is -2.55. The van der Waals surface area contributed by atoms with Crippen LogP contribution in [0.15, 0.2) is 0 Å². The molecule has 0 aromatic rings. The van der Waals surface area contributed by atoms with Crippen LogP contribution in [0.1, 0.15) is 97.8 Å². The summed E-state index contributed by atoms with van der Waals surface area (Å²) in [6, 6.07) is 0. The number of Topliss-reactive ketones (excluding diaryl/α,β-unsaturated/α-hetero) is 1. The lowest BCUT2D eigenvalue weighted by atomic mass is 9.43. The van der Waals surface area contributed by atoms with E-state index < -0.39 is 0 Å². The van der Waals surface area contributed by atoms with E-state index in [1.54, 1.807) is 0 Å². The average molecular weight is 361 g/mol. The van der Waals surface area contributed by atoms with Gasteiger partial charge < -0.3 is 5.11 Å². The van der Waals surface area contributed by atoms with Gasteiger partial charge in [0.2, 0.25) is 0 Å². The standard InChI is InChI=1S/C22H34O2.C2H6/c1-21-11-8-15(23)13-14(21)4-5-16-17(21)9-12-22-10-2-3-20(24)19(22)7-6-18(16)22;1-2/h14-19,23H,2-13H2,1H3;1-2H3/t14-,15+,16?,17?,18?,19+,21?,22-;/m0./s1. The van der Waals surface area contributed by atoms with Gasteiger partial charge in [-0.1, -0.05) is 20.8 Å². The maximum absolute atomic E-state index is 12.6. The van der Waals surface area contributed by atoms with E-state index in [0.29, 0.717) is 22.5 Å². The molecule has 5 aliphatic carbocycles. The molecule has 5 fully saturated rings. The number of aliphatic hydroxyl groups is 1. The van der Waals surface area contributed by atoms with Crippen molar-refractivity contribution in [2.75, 3.05) is 0 Å². The SMILES string of the molecule is CC.CC12CC[C@@H](O)C[C@@H]1CCC1C2CC[C@]23CCCC(=O)[C@H]2CCC13. The highest BCUT2D eigenvalue weighted by atomic mass is 16.3. The normalized spacial score (nSPS) is 52.7. The molecule has 0 aromatic carbocycles. The van der Waals surface area contributed by atoms with Crippen molar-refractivity contribution in [1.82, 2.24) is 0 Å². The van der Waals surface area contributed by atoms with Crippen LogP contribution < -0.4 is 0 Å². The fourth-order valence-electron chi connectivity index (χ4n) is 8.78. The van der Waals surface area contributed by atoms with E-state index in [-0.39, 0.29) is 6.10 Å². The lowest BCUT2D eigenvalue weighted by Gasteiger charge is -2.62. The van der Waals surface area contributed by atoms with E-state index in [9.17, 15) is 9.90 Å². The topological polar surface area (TPSA) is 37.3 Å². The van der Waals surface area contributed by atoms with Crippen molar-refractivity contribution < 1.29 is 9.90 Å². The first-order chi connectivity index (χ1) is 12.5. The minimum Gasteiger partial charge on any atom is -0.393 e. The van der Waals surface area contributed by atoms with Gasteiger partial charge in [-0.2, -0.15) is 0 Å². The quantitative estimate of drug-likeness (QED) is 0.596. The van der Waals surface area contributed by atoms with E-state index in [4.69, 9.17) is 0 Å². The minimum absolute atomic E-state index is 0.0404. The Morgan fingerprint density at radius 2 is 1.73 bits per heavy atom. The summed E-state index contributed by atoms with van der Waals surface area (Å²) in [6.45, 7) is 6.57. The van der Waals surface area contributed by atoms with Crippen LogP contribution in [-0.2, 0) is 4.79 Å². The molecule has 5 aliphatic rings. The van der Waals surface area contributed by atoms with Crippen LogP contribution in [-0.4, -0.2) is 17.0 Å². The van der Waals surface area contributed by atoms with Gasteiger partial charge in [-0.15, -0.1) is 0 Å². The maximum atomic E-state index is 12.6. The first-order valence-corrected chi connectivity index (χ1v) is 11.8. The van der Waals surface area contributed by atoms with Crippen molar-refractivity contribution in [3.63, 3.8) is 0 Å². The van der Waals surface area contributed by atoms with Crippen molar-refractivity contribution in [1.29, 1.82) is 0 Å². The molecule has 148 valence electrons. The molecule has 0 heterocycles.